The van der Waals surface area contributed by atoms with Crippen molar-refractivity contribution in [3.05, 3.63) is 221 Å². The highest BCUT2D eigenvalue weighted by molar-refractivity contribution is 6.24. The summed E-state index contributed by atoms with van der Waals surface area (Å²) in [5.74, 6) is 0. The molecule has 0 aromatic heterocycles. The largest absolute Gasteiger partial charge is 0.310 e. The third-order valence-corrected chi connectivity index (χ3v) is 13.1. The molecule has 0 unspecified atom stereocenters. The van der Waals surface area contributed by atoms with Crippen LogP contribution in [0.15, 0.2) is 193 Å². The molecule has 0 saturated heterocycles. The van der Waals surface area contributed by atoms with E-state index in [1.54, 1.807) is 0 Å². The summed E-state index contributed by atoms with van der Waals surface area (Å²) in [4.78, 5) is 5.02. The highest BCUT2D eigenvalue weighted by Crippen LogP contribution is 2.51. The van der Waals surface area contributed by atoms with Gasteiger partial charge in [-0.2, -0.15) is 0 Å². The zero-order valence-corrected chi connectivity index (χ0v) is 34.0. The number of nitrogens with zero attached hydrogens (tertiary/aromatic N) is 2. The molecule has 60 heavy (non-hydrogen) atoms. The quantitative estimate of drug-likeness (QED) is 0.165. The first-order valence-corrected chi connectivity index (χ1v) is 21.4. The van der Waals surface area contributed by atoms with Crippen LogP contribution in [-0.2, 0) is 12.8 Å². The number of benzene rings is 9. The normalized spacial score (nSPS) is 14.4. The fourth-order valence-corrected chi connectivity index (χ4v) is 10.6. The molecule has 0 N–H and O–H groups in total. The van der Waals surface area contributed by atoms with Crippen molar-refractivity contribution in [2.75, 3.05) is 9.80 Å². The van der Waals surface area contributed by atoms with Gasteiger partial charge in [0.1, 0.15) is 0 Å². The van der Waals surface area contributed by atoms with Crippen LogP contribution in [0.25, 0.3) is 54.6 Å². The van der Waals surface area contributed by atoms with Crippen LogP contribution in [-0.4, -0.2) is 0 Å². The van der Waals surface area contributed by atoms with E-state index in [1.807, 2.05) is 0 Å². The summed E-state index contributed by atoms with van der Waals surface area (Å²) in [5, 5.41) is 7.54. The lowest BCUT2D eigenvalue weighted by atomic mass is 9.83. The first-order chi connectivity index (χ1) is 29.6. The van der Waals surface area contributed by atoms with Crippen LogP contribution >= 0.6 is 0 Å². The molecular formula is C58H44N2. The molecule has 1 aliphatic carbocycles. The fraction of sp³-hybridized carbons (Fsp3) is 0.103. The van der Waals surface area contributed by atoms with E-state index in [-0.39, 0.29) is 0 Å². The van der Waals surface area contributed by atoms with Crippen LogP contribution in [0.2, 0.25) is 0 Å². The molecule has 0 amide bonds. The molecule has 2 heterocycles. The van der Waals surface area contributed by atoms with Crippen molar-refractivity contribution in [1.82, 2.24) is 0 Å². The minimum absolute atomic E-state index is 0.929. The van der Waals surface area contributed by atoms with E-state index < -0.39 is 0 Å². The summed E-state index contributed by atoms with van der Waals surface area (Å²) in [6, 6.07) is 64.1. The second kappa shape index (κ2) is 13.7. The van der Waals surface area contributed by atoms with Crippen LogP contribution in [0.3, 0.4) is 0 Å². The Balaban J connectivity index is 1.21. The van der Waals surface area contributed by atoms with E-state index in [0.717, 1.165) is 25.7 Å². The standard InChI is InChI=1S/C58H44N2/c1-37-30-38(2)32-44(31-37)57-49-28-26-46(60-55-24-11-6-17-42(55)34-43-18-7-12-25-56(43)60)36-52(49)58(48-21-13-19-39-14-3-8-20-47(39)48)50-29-27-45(35-51(50)57)59-53-22-9-4-15-40(53)33-41-16-5-10-23-54(41)59/h3-6,8-17,19-32,35-36H,7,18,33-34H2,1-2H3. The zero-order chi connectivity index (χ0) is 39.9. The van der Waals surface area contributed by atoms with Crippen molar-refractivity contribution < 1.29 is 0 Å². The van der Waals surface area contributed by atoms with Gasteiger partial charge in [-0.15, -0.1) is 0 Å². The number of para-hydroxylation sites is 3. The Kier molecular flexibility index (Phi) is 7.96. The molecule has 286 valence electrons. The van der Waals surface area contributed by atoms with Crippen molar-refractivity contribution in [3.63, 3.8) is 0 Å². The van der Waals surface area contributed by atoms with E-state index in [9.17, 15) is 0 Å². The number of aryl methyl sites for hydroxylation is 2. The summed E-state index contributed by atoms with van der Waals surface area (Å²) < 4.78 is 0. The summed E-state index contributed by atoms with van der Waals surface area (Å²) in [5.41, 5.74) is 20.7. The fourth-order valence-electron chi connectivity index (χ4n) is 10.6. The minimum Gasteiger partial charge on any atom is -0.310 e. The van der Waals surface area contributed by atoms with E-state index >= 15 is 0 Å². The van der Waals surface area contributed by atoms with Crippen molar-refractivity contribution >= 4 is 60.8 Å². The smallest absolute Gasteiger partial charge is 0.0497 e. The predicted octanol–water partition coefficient (Wildman–Crippen LogP) is 15.8. The van der Waals surface area contributed by atoms with Gasteiger partial charge in [0.25, 0.3) is 0 Å². The molecule has 9 aromatic rings. The number of allylic oxidation sites excluding steroid dienone is 3. The molecular weight excluding hydrogens is 725 g/mol. The average molecular weight is 769 g/mol. The lowest BCUT2D eigenvalue weighted by molar-refractivity contribution is 0.857. The van der Waals surface area contributed by atoms with Gasteiger partial charge in [0.15, 0.2) is 0 Å². The molecule has 0 fully saturated rings. The van der Waals surface area contributed by atoms with E-state index in [0.29, 0.717) is 0 Å². The molecule has 0 radical (unpaired) electrons. The second-order valence-corrected chi connectivity index (χ2v) is 17.0. The highest BCUT2D eigenvalue weighted by Gasteiger charge is 2.29. The maximum Gasteiger partial charge on any atom is 0.0497 e. The Hall–Kier alpha value is -7.16. The van der Waals surface area contributed by atoms with Crippen LogP contribution in [0.4, 0.5) is 28.4 Å². The molecule has 0 saturated carbocycles. The Bertz CT molecular complexity index is 3240. The summed E-state index contributed by atoms with van der Waals surface area (Å²) in [7, 11) is 0. The number of rotatable bonds is 4. The second-order valence-electron chi connectivity index (χ2n) is 17.0. The molecule has 3 aliphatic rings. The van der Waals surface area contributed by atoms with Crippen LogP contribution < -0.4 is 9.80 Å². The van der Waals surface area contributed by atoms with E-state index in [2.05, 4.69) is 206 Å². The molecule has 2 aliphatic heterocycles. The van der Waals surface area contributed by atoms with Gasteiger partial charge in [-0.1, -0.05) is 145 Å². The minimum atomic E-state index is 0.929. The molecule has 9 aromatic carbocycles. The van der Waals surface area contributed by atoms with Gasteiger partial charge in [0.2, 0.25) is 0 Å². The molecule has 2 heteroatoms. The Morgan fingerprint density at radius 1 is 0.433 bits per heavy atom. The maximum atomic E-state index is 2.53. The Labute approximate surface area is 352 Å². The average Bonchev–Trinajstić information content (AvgIpc) is 3.28. The third-order valence-electron chi connectivity index (χ3n) is 13.1. The van der Waals surface area contributed by atoms with Crippen molar-refractivity contribution in [2.24, 2.45) is 0 Å². The van der Waals surface area contributed by atoms with Crippen LogP contribution in [0.5, 0.6) is 0 Å². The molecule has 0 spiro atoms. The number of hydrogen-bond acceptors (Lipinski definition) is 2. The number of anilines is 5. The monoisotopic (exact) mass is 768 g/mol. The van der Waals surface area contributed by atoms with E-state index in [1.165, 1.54) is 122 Å². The van der Waals surface area contributed by atoms with Gasteiger partial charge < -0.3 is 9.80 Å². The zero-order valence-electron chi connectivity index (χ0n) is 34.0. The molecule has 0 bridgehead atoms. The van der Waals surface area contributed by atoms with Gasteiger partial charge in [-0.25, -0.2) is 0 Å². The number of fused-ring (bicyclic) bond motifs is 6. The maximum absolute atomic E-state index is 2.53. The Morgan fingerprint density at radius 3 is 1.72 bits per heavy atom. The lowest BCUT2D eigenvalue weighted by Gasteiger charge is -2.36. The highest BCUT2D eigenvalue weighted by atomic mass is 15.2. The summed E-state index contributed by atoms with van der Waals surface area (Å²) in [6.45, 7) is 4.46. The molecule has 12 rings (SSSR count). The van der Waals surface area contributed by atoms with Crippen LogP contribution in [0, 0.1) is 13.8 Å². The first kappa shape index (κ1) is 34.8. The van der Waals surface area contributed by atoms with Gasteiger partial charge in [-0.05, 0) is 158 Å². The topological polar surface area (TPSA) is 6.48 Å². The van der Waals surface area contributed by atoms with Gasteiger partial charge in [-0.3, -0.25) is 0 Å². The van der Waals surface area contributed by atoms with Crippen molar-refractivity contribution in [1.29, 1.82) is 0 Å². The van der Waals surface area contributed by atoms with Gasteiger partial charge >= 0.3 is 0 Å². The molecule has 2 nitrogen and oxygen atoms in total. The third kappa shape index (κ3) is 5.48. The predicted molar refractivity (Wildman–Crippen MR) is 254 cm³/mol. The van der Waals surface area contributed by atoms with Crippen molar-refractivity contribution in [2.45, 2.75) is 39.5 Å². The van der Waals surface area contributed by atoms with Crippen LogP contribution in [0.1, 0.15) is 40.7 Å². The van der Waals surface area contributed by atoms with Crippen molar-refractivity contribution in [3.8, 4) is 22.3 Å². The van der Waals surface area contributed by atoms with E-state index in [4.69, 9.17) is 0 Å². The summed E-state index contributed by atoms with van der Waals surface area (Å²) in [6.07, 6.45) is 8.85. The first-order valence-electron chi connectivity index (χ1n) is 21.4. The van der Waals surface area contributed by atoms with Gasteiger partial charge in [0, 0.05) is 40.6 Å². The number of hydrogen-bond donors (Lipinski definition) is 0. The summed E-state index contributed by atoms with van der Waals surface area (Å²) >= 11 is 0. The molecule has 0 atom stereocenters. The lowest BCUT2D eigenvalue weighted by Crippen LogP contribution is -2.24. The Morgan fingerprint density at radius 2 is 1.00 bits per heavy atom. The van der Waals surface area contributed by atoms with Gasteiger partial charge in [0.05, 0.1) is 0 Å². The SMILES string of the molecule is Cc1cc(C)cc(-c2c3cc(N4c5ccccc5Cc5ccccc54)ccc3c(-c3cccc4ccccc34)c3cc(N4C5=C(CCC=C5)Cc5ccccc54)ccc23)c1.